The van der Waals surface area contributed by atoms with Crippen molar-refractivity contribution in [2.45, 2.75) is 4.90 Å². The van der Waals surface area contributed by atoms with Crippen molar-refractivity contribution in [2.24, 2.45) is 0 Å². The number of hydrogen-bond donors (Lipinski definition) is 1. The summed E-state index contributed by atoms with van der Waals surface area (Å²) in [6, 6.07) is 10.1. The number of aromatic nitrogens is 1. The first-order chi connectivity index (χ1) is 5.88. The summed E-state index contributed by atoms with van der Waals surface area (Å²) in [6.45, 7) is 0. The molecule has 60 valence electrons. The molecule has 0 fully saturated rings. The van der Waals surface area contributed by atoms with E-state index in [4.69, 9.17) is 0 Å². The topological polar surface area (TPSA) is 12.9 Å². The van der Waals surface area contributed by atoms with Gasteiger partial charge in [-0.2, -0.15) is 4.37 Å². The van der Waals surface area contributed by atoms with Crippen molar-refractivity contribution in [1.82, 2.24) is 4.37 Å². The van der Waals surface area contributed by atoms with Crippen LogP contribution in [0.25, 0.3) is 11.3 Å². The van der Waals surface area contributed by atoms with Gasteiger partial charge in [-0.05, 0) is 11.5 Å². The average Bonchev–Trinajstić information content (AvgIpc) is 2.53. The van der Waals surface area contributed by atoms with E-state index in [2.05, 4.69) is 17.0 Å². The molecule has 2 aromatic rings. The Bertz CT molecular complexity index is 367. The van der Waals surface area contributed by atoms with Crippen LogP contribution in [0.4, 0.5) is 0 Å². The Morgan fingerprint density at radius 3 is 2.50 bits per heavy atom. The molecule has 1 nitrogen and oxygen atoms in total. The molecular weight excluding hydrogens is 186 g/mol. The maximum atomic E-state index is 4.31. The third-order valence-electron chi connectivity index (χ3n) is 1.60. The predicted molar refractivity (Wildman–Crippen MR) is 54.8 cm³/mol. The minimum Gasteiger partial charge on any atom is -0.191 e. The number of hydrogen-bond acceptors (Lipinski definition) is 3. The molecule has 0 atom stereocenters. The molecule has 0 unspecified atom stereocenters. The summed E-state index contributed by atoms with van der Waals surface area (Å²) >= 11 is 5.74. The molecule has 0 aliphatic carbocycles. The summed E-state index contributed by atoms with van der Waals surface area (Å²) in [5.74, 6) is 0. The second-order valence-electron chi connectivity index (χ2n) is 2.41. The van der Waals surface area contributed by atoms with Crippen LogP contribution in [0, 0.1) is 0 Å². The Morgan fingerprint density at radius 1 is 1.17 bits per heavy atom. The van der Waals surface area contributed by atoms with Crippen molar-refractivity contribution in [1.29, 1.82) is 0 Å². The molecule has 0 saturated heterocycles. The smallest absolute Gasteiger partial charge is 0.0973 e. The van der Waals surface area contributed by atoms with Gasteiger partial charge in [-0.3, -0.25) is 0 Å². The molecule has 0 saturated carbocycles. The molecule has 0 N–H and O–H groups in total. The fraction of sp³-hybridized carbons (Fsp3) is 0. The fourth-order valence-corrected chi connectivity index (χ4v) is 1.99. The molecular formula is C9H7NS2. The number of nitrogens with zero attached hydrogens (tertiary/aromatic N) is 1. The van der Waals surface area contributed by atoms with Crippen LogP contribution in [0.5, 0.6) is 0 Å². The molecule has 0 aliphatic rings. The minimum absolute atomic E-state index is 0.950. The molecule has 2 rings (SSSR count). The van der Waals surface area contributed by atoms with Gasteiger partial charge in [-0.25, -0.2) is 0 Å². The Labute approximate surface area is 80.6 Å². The van der Waals surface area contributed by atoms with Crippen LogP contribution in [-0.2, 0) is 0 Å². The second-order valence-corrected chi connectivity index (χ2v) is 3.53. The van der Waals surface area contributed by atoms with Crippen molar-refractivity contribution in [3.8, 4) is 11.3 Å². The van der Waals surface area contributed by atoms with E-state index in [1.807, 2.05) is 35.7 Å². The summed E-state index contributed by atoms with van der Waals surface area (Å²) in [5.41, 5.74) is 2.10. The van der Waals surface area contributed by atoms with Gasteiger partial charge in [0.25, 0.3) is 0 Å². The maximum Gasteiger partial charge on any atom is 0.0973 e. The van der Waals surface area contributed by atoms with Gasteiger partial charge < -0.3 is 0 Å². The van der Waals surface area contributed by atoms with E-state index in [1.54, 1.807) is 0 Å². The van der Waals surface area contributed by atoms with E-state index in [0.717, 1.165) is 16.2 Å². The zero-order valence-electron chi connectivity index (χ0n) is 6.27. The maximum absolute atomic E-state index is 4.31. The van der Waals surface area contributed by atoms with E-state index in [1.165, 1.54) is 11.5 Å². The Hall–Kier alpha value is -0.800. The summed E-state index contributed by atoms with van der Waals surface area (Å²) in [5, 5.41) is 1.94. The van der Waals surface area contributed by atoms with Crippen LogP contribution < -0.4 is 0 Å². The lowest BCUT2D eigenvalue weighted by Gasteiger charge is -1.95. The largest absolute Gasteiger partial charge is 0.191 e. The lowest BCUT2D eigenvalue weighted by atomic mass is 10.2. The van der Waals surface area contributed by atoms with Crippen LogP contribution >= 0.6 is 24.2 Å². The van der Waals surface area contributed by atoms with Crippen molar-refractivity contribution >= 4 is 24.2 Å². The molecule has 12 heavy (non-hydrogen) atoms. The Balaban J connectivity index is 2.51. The first kappa shape index (κ1) is 7.83. The summed E-state index contributed by atoms with van der Waals surface area (Å²) in [4.78, 5) is 0.950. The van der Waals surface area contributed by atoms with Crippen LogP contribution in [-0.4, -0.2) is 4.37 Å². The van der Waals surface area contributed by atoms with Crippen molar-refractivity contribution in [3.05, 3.63) is 35.7 Å². The summed E-state index contributed by atoms with van der Waals surface area (Å²) in [6.07, 6.45) is 0. The molecule has 0 radical (unpaired) electrons. The SMILES string of the molecule is Sc1csnc1-c1ccccc1. The van der Waals surface area contributed by atoms with E-state index in [-0.39, 0.29) is 0 Å². The lowest BCUT2D eigenvalue weighted by Crippen LogP contribution is -1.75. The van der Waals surface area contributed by atoms with E-state index in [0.29, 0.717) is 0 Å². The van der Waals surface area contributed by atoms with E-state index >= 15 is 0 Å². The van der Waals surface area contributed by atoms with Crippen molar-refractivity contribution in [3.63, 3.8) is 0 Å². The van der Waals surface area contributed by atoms with Crippen LogP contribution in [0.1, 0.15) is 0 Å². The molecule has 0 aliphatic heterocycles. The summed E-state index contributed by atoms with van der Waals surface area (Å²) < 4.78 is 4.25. The molecule has 0 amide bonds. The molecule has 1 heterocycles. The Kier molecular flexibility index (Phi) is 2.15. The zero-order chi connectivity index (χ0) is 8.39. The number of benzene rings is 1. The molecule has 0 spiro atoms. The van der Waals surface area contributed by atoms with Gasteiger partial charge in [0.05, 0.1) is 5.69 Å². The number of rotatable bonds is 1. The van der Waals surface area contributed by atoms with Gasteiger partial charge in [-0.1, -0.05) is 30.3 Å². The molecule has 0 bridgehead atoms. The van der Waals surface area contributed by atoms with Crippen LogP contribution in [0.2, 0.25) is 0 Å². The average molecular weight is 193 g/mol. The van der Waals surface area contributed by atoms with Gasteiger partial charge in [0.2, 0.25) is 0 Å². The van der Waals surface area contributed by atoms with Gasteiger partial charge >= 0.3 is 0 Å². The highest BCUT2D eigenvalue weighted by Gasteiger charge is 2.03. The lowest BCUT2D eigenvalue weighted by molar-refractivity contribution is 1.43. The molecule has 1 aromatic heterocycles. The minimum atomic E-state index is 0.950. The number of thiol groups is 1. The van der Waals surface area contributed by atoms with Gasteiger partial charge in [0.1, 0.15) is 0 Å². The highest BCUT2D eigenvalue weighted by molar-refractivity contribution is 7.80. The van der Waals surface area contributed by atoms with Crippen molar-refractivity contribution < 1.29 is 0 Å². The fourth-order valence-electron chi connectivity index (χ4n) is 1.03. The predicted octanol–water partition coefficient (Wildman–Crippen LogP) is 3.10. The monoisotopic (exact) mass is 193 g/mol. The first-order valence-electron chi connectivity index (χ1n) is 3.56. The van der Waals surface area contributed by atoms with Crippen molar-refractivity contribution in [2.75, 3.05) is 0 Å². The van der Waals surface area contributed by atoms with Crippen LogP contribution in [0.3, 0.4) is 0 Å². The Morgan fingerprint density at radius 2 is 1.92 bits per heavy atom. The van der Waals surface area contributed by atoms with E-state index < -0.39 is 0 Å². The molecule has 3 heteroatoms. The quantitative estimate of drug-likeness (QED) is 0.687. The second kappa shape index (κ2) is 3.29. The third kappa shape index (κ3) is 1.38. The van der Waals surface area contributed by atoms with Gasteiger partial charge in [0.15, 0.2) is 0 Å². The highest BCUT2D eigenvalue weighted by atomic mass is 32.1. The van der Waals surface area contributed by atoms with Gasteiger partial charge in [0, 0.05) is 15.8 Å². The summed E-state index contributed by atoms with van der Waals surface area (Å²) in [7, 11) is 0. The third-order valence-corrected chi connectivity index (χ3v) is 2.74. The zero-order valence-corrected chi connectivity index (χ0v) is 7.98. The molecule has 1 aromatic carbocycles. The standard InChI is InChI=1S/C9H7NS2/c11-8-6-12-10-9(8)7-4-2-1-3-5-7/h1-6,11H. The van der Waals surface area contributed by atoms with Gasteiger partial charge in [-0.15, -0.1) is 12.6 Å². The normalized spacial score (nSPS) is 10.1. The highest BCUT2D eigenvalue weighted by Crippen LogP contribution is 2.25. The van der Waals surface area contributed by atoms with Crippen LogP contribution in [0.15, 0.2) is 40.6 Å². The first-order valence-corrected chi connectivity index (χ1v) is 4.85. The van der Waals surface area contributed by atoms with E-state index in [9.17, 15) is 0 Å².